The van der Waals surface area contributed by atoms with Crippen molar-refractivity contribution in [3.63, 3.8) is 0 Å². The van der Waals surface area contributed by atoms with Crippen molar-refractivity contribution in [2.75, 3.05) is 5.32 Å². The van der Waals surface area contributed by atoms with E-state index in [-0.39, 0.29) is 0 Å². The highest BCUT2D eigenvalue weighted by Crippen LogP contribution is 2.41. The molecule has 130 valence electrons. The zero-order chi connectivity index (χ0) is 18.3. The van der Waals surface area contributed by atoms with E-state index in [2.05, 4.69) is 5.32 Å². The summed E-state index contributed by atoms with van der Waals surface area (Å²) in [6.07, 6.45) is -4.43. The lowest BCUT2D eigenvalue weighted by molar-refractivity contribution is -0.222. The summed E-state index contributed by atoms with van der Waals surface area (Å²) in [5.74, 6) is -6.70. The molecule has 1 aromatic rings. The predicted molar refractivity (Wildman–Crippen MR) is 71.0 cm³/mol. The van der Waals surface area contributed by atoms with Crippen LogP contribution < -0.4 is 5.32 Å². The number of benzene rings is 1. The van der Waals surface area contributed by atoms with Crippen LogP contribution in [0.1, 0.15) is 19.4 Å². The summed E-state index contributed by atoms with van der Waals surface area (Å²) in [7, 11) is 0. The van der Waals surface area contributed by atoms with E-state index in [1.165, 1.54) is 13.8 Å². The average molecular weight is 349 g/mol. The predicted octanol–water partition coefficient (Wildman–Crippen LogP) is 2.68. The fourth-order valence-electron chi connectivity index (χ4n) is 1.88. The number of halogens is 4. The second kappa shape index (κ2) is 5.69. The van der Waals surface area contributed by atoms with Crippen LogP contribution in [0.2, 0.25) is 0 Å². The molecule has 0 amide bonds. The van der Waals surface area contributed by atoms with Crippen LogP contribution in [0.5, 0.6) is 5.75 Å². The van der Waals surface area contributed by atoms with E-state index in [0.29, 0.717) is 12.3 Å². The molecule has 0 aliphatic carbocycles. The minimum absolute atomic E-state index is 0.476. The number of hydrogen-bond acceptors (Lipinski definition) is 6. The lowest BCUT2D eigenvalue weighted by atomic mass is 10.1. The van der Waals surface area contributed by atoms with Gasteiger partial charge in [0.05, 0.1) is 5.69 Å². The van der Waals surface area contributed by atoms with Crippen molar-refractivity contribution in [1.29, 1.82) is 0 Å². The van der Waals surface area contributed by atoms with Crippen LogP contribution in [0, 0.1) is 5.82 Å². The van der Waals surface area contributed by atoms with Crippen molar-refractivity contribution in [3.8, 4) is 5.75 Å². The van der Waals surface area contributed by atoms with E-state index in [9.17, 15) is 32.3 Å². The number of aromatic hydroxyl groups is 1. The molecular weight excluding hydrogens is 338 g/mol. The van der Waals surface area contributed by atoms with Gasteiger partial charge in [0.2, 0.25) is 0 Å². The Bertz CT molecular complexity index is 717. The van der Waals surface area contributed by atoms with E-state index in [0.717, 1.165) is 6.07 Å². The molecule has 0 bridgehead atoms. The molecule has 0 atom stereocenters. The molecule has 1 aromatic carbocycles. The summed E-state index contributed by atoms with van der Waals surface area (Å²) in [6, 6.07) is 1.28. The molecule has 1 saturated heterocycles. The van der Waals surface area contributed by atoms with Crippen LogP contribution in [0.4, 0.5) is 23.2 Å². The number of anilines is 1. The van der Waals surface area contributed by atoms with Crippen LogP contribution in [0.3, 0.4) is 0 Å². The number of phenols is 1. The fourth-order valence-corrected chi connectivity index (χ4v) is 1.88. The number of alkyl halides is 3. The van der Waals surface area contributed by atoms with E-state index in [1.807, 2.05) is 0 Å². The first kappa shape index (κ1) is 17.6. The van der Waals surface area contributed by atoms with Crippen molar-refractivity contribution >= 4 is 17.6 Å². The Morgan fingerprint density at radius 2 is 1.71 bits per heavy atom. The number of ether oxygens (including phenoxy) is 2. The van der Waals surface area contributed by atoms with Crippen LogP contribution in [0.15, 0.2) is 23.9 Å². The quantitative estimate of drug-likeness (QED) is 0.281. The molecule has 2 rings (SSSR count). The summed E-state index contributed by atoms with van der Waals surface area (Å²) in [6.45, 7) is 2.63. The highest BCUT2D eigenvalue weighted by molar-refractivity contribution is 6.15. The molecule has 2 N–H and O–H groups in total. The van der Waals surface area contributed by atoms with Crippen LogP contribution in [-0.4, -0.2) is 22.8 Å². The van der Waals surface area contributed by atoms with Gasteiger partial charge in [0.1, 0.15) is 11.4 Å². The smallest absolute Gasteiger partial charge is 0.422 e. The number of phenolic OH excluding ortho intramolecular Hbond substituents is 1. The van der Waals surface area contributed by atoms with Crippen LogP contribution in [-0.2, 0) is 25.2 Å². The normalized spacial score (nSPS) is 17.2. The first-order valence-electron chi connectivity index (χ1n) is 6.44. The molecule has 1 fully saturated rings. The number of cyclic esters (lactones) is 2. The third-order valence-corrected chi connectivity index (χ3v) is 2.90. The third kappa shape index (κ3) is 3.42. The van der Waals surface area contributed by atoms with Crippen LogP contribution >= 0.6 is 0 Å². The van der Waals surface area contributed by atoms with E-state index >= 15 is 0 Å². The van der Waals surface area contributed by atoms with Gasteiger partial charge in [-0.1, -0.05) is 0 Å². The second-order valence-corrected chi connectivity index (χ2v) is 5.20. The molecule has 0 radical (unpaired) electrons. The fraction of sp³-hybridized carbons (Fsp3) is 0.286. The Morgan fingerprint density at radius 1 is 1.17 bits per heavy atom. The van der Waals surface area contributed by atoms with Gasteiger partial charge < -0.3 is 19.9 Å². The Labute approximate surface area is 132 Å². The van der Waals surface area contributed by atoms with Gasteiger partial charge in [-0.2, -0.15) is 13.2 Å². The Hall–Kier alpha value is -2.78. The molecule has 0 aromatic heterocycles. The van der Waals surface area contributed by atoms with Crippen LogP contribution in [0.25, 0.3) is 0 Å². The van der Waals surface area contributed by atoms with Gasteiger partial charge in [0, 0.05) is 20.0 Å². The molecule has 0 spiro atoms. The number of carbonyl (C=O) groups excluding carboxylic acids is 2. The van der Waals surface area contributed by atoms with Gasteiger partial charge in [-0.25, -0.2) is 14.0 Å². The number of rotatable bonds is 2. The molecule has 10 heteroatoms. The van der Waals surface area contributed by atoms with Gasteiger partial charge in [-0.05, 0) is 12.1 Å². The maximum absolute atomic E-state index is 13.3. The summed E-state index contributed by atoms with van der Waals surface area (Å²) in [5.41, 5.74) is -3.07. The minimum atomic E-state index is -5.13. The SMILES string of the molecule is CC1(C)OC(=O)C(=CNc2ccc(F)c(C(F)(F)F)c2O)C(=O)O1. The Kier molecular flexibility index (Phi) is 4.17. The van der Waals surface area contributed by atoms with Gasteiger partial charge >= 0.3 is 18.1 Å². The van der Waals surface area contributed by atoms with E-state index < -0.39 is 52.3 Å². The highest BCUT2D eigenvalue weighted by atomic mass is 19.4. The number of esters is 2. The van der Waals surface area contributed by atoms with Crippen molar-refractivity contribution in [2.45, 2.75) is 25.8 Å². The first-order valence-corrected chi connectivity index (χ1v) is 6.44. The number of carbonyl (C=O) groups is 2. The monoisotopic (exact) mass is 349 g/mol. The molecule has 24 heavy (non-hydrogen) atoms. The highest BCUT2D eigenvalue weighted by Gasteiger charge is 2.40. The first-order chi connectivity index (χ1) is 10.9. The lowest BCUT2D eigenvalue weighted by Gasteiger charge is -2.29. The number of hydrogen-bond donors (Lipinski definition) is 2. The zero-order valence-corrected chi connectivity index (χ0v) is 12.3. The third-order valence-electron chi connectivity index (χ3n) is 2.90. The minimum Gasteiger partial charge on any atom is -0.505 e. The molecule has 0 saturated carbocycles. The van der Waals surface area contributed by atoms with Gasteiger partial charge in [-0.15, -0.1) is 0 Å². The second-order valence-electron chi connectivity index (χ2n) is 5.20. The van der Waals surface area contributed by atoms with Gasteiger partial charge in [-0.3, -0.25) is 0 Å². The van der Waals surface area contributed by atoms with Crippen molar-refractivity contribution in [1.82, 2.24) is 0 Å². The standard InChI is InChI=1S/C14H11F4NO5/c1-13(2)23-11(21)6(12(22)24-13)5-19-8-4-3-7(15)9(10(8)20)14(16,17)18/h3-5,19-20H,1-2H3. The van der Waals surface area contributed by atoms with Gasteiger partial charge in [0.15, 0.2) is 11.3 Å². The largest absolute Gasteiger partial charge is 0.505 e. The van der Waals surface area contributed by atoms with E-state index in [1.54, 1.807) is 0 Å². The lowest BCUT2D eigenvalue weighted by Crippen LogP contribution is -2.42. The van der Waals surface area contributed by atoms with Crippen molar-refractivity contribution in [3.05, 3.63) is 35.3 Å². The molecule has 1 aliphatic rings. The summed E-state index contributed by atoms with van der Waals surface area (Å²) in [5, 5.41) is 11.7. The van der Waals surface area contributed by atoms with E-state index in [4.69, 9.17) is 9.47 Å². The molecule has 1 aliphatic heterocycles. The van der Waals surface area contributed by atoms with Gasteiger partial charge in [0.25, 0.3) is 5.79 Å². The maximum atomic E-state index is 13.3. The summed E-state index contributed by atoms with van der Waals surface area (Å²) >= 11 is 0. The summed E-state index contributed by atoms with van der Waals surface area (Å²) in [4.78, 5) is 23.3. The van der Waals surface area contributed by atoms with Crippen molar-refractivity contribution < 1.29 is 41.7 Å². The summed E-state index contributed by atoms with van der Waals surface area (Å²) < 4.78 is 60.9. The maximum Gasteiger partial charge on any atom is 0.422 e. The molecule has 0 unspecified atom stereocenters. The number of nitrogens with one attached hydrogen (secondary N) is 1. The zero-order valence-electron chi connectivity index (χ0n) is 12.3. The molecule has 1 heterocycles. The topological polar surface area (TPSA) is 84.9 Å². The Morgan fingerprint density at radius 3 is 2.21 bits per heavy atom. The Balaban J connectivity index is 2.33. The molecule has 6 nitrogen and oxygen atoms in total. The average Bonchev–Trinajstić information content (AvgIpc) is 2.37. The molecular formula is C14H11F4NO5. The van der Waals surface area contributed by atoms with Crippen molar-refractivity contribution in [2.24, 2.45) is 0 Å².